The maximum atomic E-state index is 11.8. The number of methoxy groups -OCH3 is 2. The van der Waals surface area contributed by atoms with Gasteiger partial charge in [0.25, 0.3) is 0 Å². The molecule has 170 valence electrons. The Hall–Kier alpha value is -4.52. The molecule has 0 aliphatic heterocycles. The third-order valence-corrected chi connectivity index (χ3v) is 4.74. The summed E-state index contributed by atoms with van der Waals surface area (Å²) in [5, 5.41) is 10.5. The lowest BCUT2D eigenvalue weighted by Gasteiger charge is -2.14. The number of anilines is 2. The highest BCUT2D eigenvalue weighted by Crippen LogP contribution is 2.20. The summed E-state index contributed by atoms with van der Waals surface area (Å²) >= 11 is 1.01. The summed E-state index contributed by atoms with van der Waals surface area (Å²) in [6.45, 7) is 0. The minimum atomic E-state index is -0.787. The average Bonchev–Trinajstić information content (AvgIpc) is 3.27. The lowest BCUT2D eigenvalue weighted by atomic mass is 10.3. The number of hydrazone groups is 2. The number of nitrogens with two attached hydrogens (primary N) is 2. The number of rotatable bonds is 8. The molecule has 33 heavy (non-hydrogen) atoms. The van der Waals surface area contributed by atoms with Gasteiger partial charge in [-0.15, -0.1) is 0 Å². The summed E-state index contributed by atoms with van der Waals surface area (Å²) in [4.78, 5) is 27.8. The number of carbonyl (C=O) groups excluding carboxylic acids is 2. The predicted molar refractivity (Wildman–Crippen MR) is 125 cm³/mol. The number of amides is 4. The van der Waals surface area contributed by atoms with Crippen LogP contribution in [-0.2, 0) is 0 Å². The van der Waals surface area contributed by atoms with Crippen LogP contribution in [0.4, 0.5) is 21.0 Å². The molecular formula is C20H20N8O4S. The molecule has 1 heterocycles. The average molecular weight is 468 g/mol. The second kappa shape index (κ2) is 10.7. The number of hydrogen-bond donors (Lipinski definition) is 2. The van der Waals surface area contributed by atoms with Crippen LogP contribution in [-0.4, -0.2) is 48.1 Å². The Morgan fingerprint density at radius 2 is 1.30 bits per heavy atom. The topological polar surface area (TPSA) is 162 Å². The van der Waals surface area contributed by atoms with E-state index >= 15 is 0 Å². The van der Waals surface area contributed by atoms with Crippen molar-refractivity contribution in [3.63, 3.8) is 0 Å². The van der Waals surface area contributed by atoms with Gasteiger partial charge >= 0.3 is 12.1 Å². The molecule has 0 aliphatic carbocycles. The van der Waals surface area contributed by atoms with Gasteiger partial charge in [0.15, 0.2) is 10.8 Å². The van der Waals surface area contributed by atoms with Crippen LogP contribution < -0.4 is 31.0 Å². The summed E-state index contributed by atoms with van der Waals surface area (Å²) in [6.07, 6.45) is 2.61. The van der Waals surface area contributed by atoms with Crippen molar-refractivity contribution in [3.8, 4) is 11.5 Å². The molecule has 0 unspecified atom stereocenters. The summed E-state index contributed by atoms with van der Waals surface area (Å²) in [6, 6.07) is 11.7. The normalized spacial score (nSPS) is 11.0. The number of urea groups is 2. The number of nitrogens with zero attached hydrogens (tertiary/aromatic N) is 6. The molecule has 4 N–H and O–H groups in total. The van der Waals surface area contributed by atoms with Gasteiger partial charge in [0.2, 0.25) is 0 Å². The molecule has 0 spiro atoms. The van der Waals surface area contributed by atoms with E-state index in [1.165, 1.54) is 26.6 Å². The van der Waals surface area contributed by atoms with Crippen molar-refractivity contribution in [1.29, 1.82) is 0 Å². The highest BCUT2D eigenvalue weighted by Gasteiger charge is 2.13. The molecule has 0 radical (unpaired) electrons. The number of carbonyl (C=O) groups is 2. The Kier molecular flexibility index (Phi) is 7.49. The first-order valence-electron chi connectivity index (χ1n) is 9.30. The van der Waals surface area contributed by atoms with Gasteiger partial charge in [0.1, 0.15) is 11.5 Å². The predicted octanol–water partition coefficient (Wildman–Crippen LogP) is 2.39. The monoisotopic (exact) mass is 468 g/mol. The molecule has 1 aromatic heterocycles. The third-order valence-electron chi connectivity index (χ3n) is 4.08. The largest absolute Gasteiger partial charge is 0.497 e. The summed E-state index contributed by atoms with van der Waals surface area (Å²) < 4.78 is 14.3. The number of hydrogen-bond acceptors (Lipinski definition) is 9. The Morgan fingerprint density at radius 1 is 0.848 bits per heavy atom. The zero-order valence-corrected chi connectivity index (χ0v) is 18.5. The van der Waals surface area contributed by atoms with Gasteiger partial charge in [-0.2, -0.15) is 24.6 Å². The molecule has 3 aromatic rings. The zero-order valence-electron chi connectivity index (χ0n) is 17.7. The van der Waals surface area contributed by atoms with Crippen molar-refractivity contribution in [2.75, 3.05) is 24.2 Å². The first-order valence-corrected chi connectivity index (χ1v) is 10.1. The molecule has 0 saturated carbocycles. The Morgan fingerprint density at radius 3 is 1.73 bits per heavy atom. The third kappa shape index (κ3) is 6.01. The van der Waals surface area contributed by atoms with Crippen molar-refractivity contribution < 1.29 is 19.1 Å². The van der Waals surface area contributed by atoms with E-state index in [0.717, 1.165) is 21.6 Å². The summed E-state index contributed by atoms with van der Waals surface area (Å²) in [5.74, 6) is 1.47. The molecule has 0 saturated heterocycles. The van der Waals surface area contributed by atoms with E-state index in [1.54, 1.807) is 48.5 Å². The van der Waals surface area contributed by atoms with Crippen molar-refractivity contribution in [2.45, 2.75) is 0 Å². The van der Waals surface area contributed by atoms with Crippen molar-refractivity contribution in [2.24, 2.45) is 21.7 Å². The highest BCUT2D eigenvalue weighted by molar-refractivity contribution is 7.07. The second-order valence-electron chi connectivity index (χ2n) is 6.18. The van der Waals surface area contributed by atoms with Gasteiger partial charge in [-0.1, -0.05) is 0 Å². The minimum absolute atomic E-state index is 0.219. The van der Waals surface area contributed by atoms with E-state index in [-0.39, 0.29) is 5.82 Å². The summed E-state index contributed by atoms with van der Waals surface area (Å²) in [5.41, 5.74) is 11.7. The SMILES string of the molecule is COc1ccc(N(/N=C/c2nsc(/C=N/N(C(N)=O)c3ccc(OC)cc3)n2)C(N)=O)cc1. The van der Waals surface area contributed by atoms with E-state index in [0.29, 0.717) is 27.9 Å². The summed E-state index contributed by atoms with van der Waals surface area (Å²) in [7, 11) is 3.07. The Bertz CT molecular complexity index is 1070. The van der Waals surface area contributed by atoms with Gasteiger partial charge < -0.3 is 20.9 Å². The molecule has 2 aromatic carbocycles. The van der Waals surface area contributed by atoms with Crippen LogP contribution in [0.3, 0.4) is 0 Å². The maximum absolute atomic E-state index is 11.8. The molecule has 0 aliphatic rings. The van der Waals surface area contributed by atoms with Crippen molar-refractivity contribution in [3.05, 3.63) is 59.4 Å². The van der Waals surface area contributed by atoms with Crippen LogP contribution >= 0.6 is 11.5 Å². The van der Waals surface area contributed by atoms with Crippen LogP contribution in [0, 0.1) is 0 Å². The number of ether oxygens (including phenoxy) is 2. The highest BCUT2D eigenvalue weighted by atomic mass is 32.1. The Balaban J connectivity index is 1.74. The van der Waals surface area contributed by atoms with Crippen LogP contribution in [0.25, 0.3) is 0 Å². The molecular weight excluding hydrogens is 448 g/mol. The van der Waals surface area contributed by atoms with Crippen LogP contribution in [0.1, 0.15) is 10.8 Å². The molecule has 13 heteroatoms. The first-order chi connectivity index (χ1) is 15.9. The molecule has 4 amide bonds. The van der Waals surface area contributed by atoms with E-state index < -0.39 is 12.1 Å². The second-order valence-corrected chi connectivity index (χ2v) is 6.96. The van der Waals surface area contributed by atoms with E-state index in [4.69, 9.17) is 20.9 Å². The van der Waals surface area contributed by atoms with Crippen molar-refractivity contribution in [1.82, 2.24) is 9.36 Å². The standard InChI is InChI=1S/C20H20N8O4S/c1-31-15-7-3-13(4-8-15)27(19(21)29)23-11-17-25-18(33-26-17)12-24-28(20(22)30)14-5-9-16(32-2)10-6-14/h3-12H,1-2H3,(H2,21,29)(H2,22,30)/b23-11+,24-12+. The van der Waals surface area contributed by atoms with Gasteiger partial charge in [-0.05, 0) is 60.1 Å². The minimum Gasteiger partial charge on any atom is -0.497 e. The first kappa shape index (κ1) is 23.1. The van der Waals surface area contributed by atoms with Crippen LogP contribution in [0.5, 0.6) is 11.5 Å². The van der Waals surface area contributed by atoms with Gasteiger partial charge in [0.05, 0.1) is 38.0 Å². The maximum Gasteiger partial charge on any atom is 0.340 e. The lowest BCUT2D eigenvalue weighted by Crippen LogP contribution is -2.31. The fourth-order valence-electron chi connectivity index (χ4n) is 2.52. The lowest BCUT2D eigenvalue weighted by molar-refractivity contribution is 0.253. The molecule has 3 rings (SSSR count). The van der Waals surface area contributed by atoms with Gasteiger partial charge in [-0.25, -0.2) is 14.6 Å². The Labute approximate surface area is 192 Å². The quantitative estimate of drug-likeness (QED) is 0.381. The van der Waals surface area contributed by atoms with Crippen LogP contribution in [0.2, 0.25) is 0 Å². The number of primary amides is 2. The zero-order chi connectivity index (χ0) is 23.8. The molecule has 0 bridgehead atoms. The molecule has 0 fully saturated rings. The fourth-order valence-corrected chi connectivity index (χ4v) is 3.02. The molecule has 12 nitrogen and oxygen atoms in total. The van der Waals surface area contributed by atoms with Crippen LogP contribution in [0.15, 0.2) is 58.7 Å². The molecule has 0 atom stereocenters. The van der Waals surface area contributed by atoms with Crippen molar-refractivity contribution >= 4 is 47.4 Å². The number of benzene rings is 2. The van der Waals surface area contributed by atoms with E-state index in [1.807, 2.05) is 0 Å². The smallest absolute Gasteiger partial charge is 0.340 e. The fraction of sp³-hybridized carbons (Fsp3) is 0.100. The van der Waals surface area contributed by atoms with E-state index in [2.05, 4.69) is 19.6 Å². The van der Waals surface area contributed by atoms with Gasteiger partial charge in [-0.3, -0.25) is 0 Å². The van der Waals surface area contributed by atoms with Gasteiger partial charge in [0, 0.05) is 0 Å². The number of aromatic nitrogens is 2. The van der Waals surface area contributed by atoms with E-state index in [9.17, 15) is 9.59 Å².